The molecule has 0 aliphatic carbocycles. The summed E-state index contributed by atoms with van der Waals surface area (Å²) in [7, 11) is 1.59. The molecule has 0 fully saturated rings. The van der Waals surface area contributed by atoms with Crippen molar-refractivity contribution in [3.05, 3.63) is 23.8 Å². The number of phenolic OH excluding ortho intramolecular Hbond substituents is 1. The summed E-state index contributed by atoms with van der Waals surface area (Å²) in [6, 6.07) is 3.31. The van der Waals surface area contributed by atoms with Gasteiger partial charge in [-0.3, -0.25) is 0 Å². The first-order valence-electron chi connectivity index (χ1n) is 6.12. The van der Waals surface area contributed by atoms with Gasteiger partial charge in [-0.25, -0.2) is 9.59 Å². The second-order valence-corrected chi connectivity index (χ2v) is 4.09. The number of carboxylic acid groups (broad SMARTS) is 1. The number of likely N-dealkylation sites (N-methyl/N-ethyl adjacent to an activating group) is 1. The lowest BCUT2D eigenvalue weighted by atomic mass is 10.2. The molecule has 0 unspecified atom stereocenters. The van der Waals surface area contributed by atoms with E-state index >= 15 is 0 Å². The molecule has 0 aromatic heterocycles. The van der Waals surface area contributed by atoms with Crippen LogP contribution in [0.5, 0.6) is 5.75 Å². The highest BCUT2D eigenvalue weighted by Crippen LogP contribution is 2.24. The summed E-state index contributed by atoms with van der Waals surface area (Å²) in [6.07, 6.45) is 0. The van der Waals surface area contributed by atoms with E-state index in [0.717, 1.165) is 6.07 Å². The normalized spacial score (nSPS) is 10.1. The molecule has 0 atom stereocenters. The van der Waals surface area contributed by atoms with Crippen molar-refractivity contribution < 1.29 is 24.5 Å². The summed E-state index contributed by atoms with van der Waals surface area (Å²) < 4.78 is 5.13. The number of ether oxygens (including phenoxy) is 1. The number of nitrogens with one attached hydrogen (secondary N) is 1. The Morgan fingerprint density at radius 2 is 2.10 bits per heavy atom. The molecular weight excluding hydrogens is 264 g/mol. The van der Waals surface area contributed by atoms with Gasteiger partial charge in [0.15, 0.2) is 0 Å². The van der Waals surface area contributed by atoms with Gasteiger partial charge in [0.2, 0.25) is 0 Å². The Bertz CT molecular complexity index is 490. The maximum absolute atomic E-state index is 11.8. The van der Waals surface area contributed by atoms with Gasteiger partial charge in [0.1, 0.15) is 5.75 Å². The summed E-state index contributed by atoms with van der Waals surface area (Å²) in [5.74, 6) is -1.44. The lowest BCUT2D eigenvalue weighted by molar-refractivity contribution is 0.0696. The van der Waals surface area contributed by atoms with Crippen molar-refractivity contribution in [2.24, 2.45) is 0 Å². The zero-order valence-corrected chi connectivity index (χ0v) is 11.4. The monoisotopic (exact) mass is 282 g/mol. The van der Waals surface area contributed by atoms with Crippen LogP contribution in [0.2, 0.25) is 0 Å². The number of hydrogen-bond acceptors (Lipinski definition) is 4. The predicted octanol–water partition coefficient (Wildman–Crippen LogP) is 1.59. The van der Waals surface area contributed by atoms with E-state index < -0.39 is 12.0 Å². The highest BCUT2D eigenvalue weighted by Gasteiger charge is 2.12. The summed E-state index contributed by atoms with van der Waals surface area (Å²) in [4.78, 5) is 23.9. The first-order valence-corrected chi connectivity index (χ1v) is 6.12. The minimum atomic E-state index is -1.15. The average molecular weight is 282 g/mol. The number of carboxylic acids is 1. The molecule has 7 nitrogen and oxygen atoms in total. The summed E-state index contributed by atoms with van der Waals surface area (Å²) in [5.41, 5.74) is 0.105. The molecule has 1 aromatic carbocycles. The molecule has 0 spiro atoms. The van der Waals surface area contributed by atoms with Crippen LogP contribution in [-0.2, 0) is 4.74 Å². The van der Waals surface area contributed by atoms with Crippen molar-refractivity contribution in [3.63, 3.8) is 0 Å². The van der Waals surface area contributed by atoms with E-state index in [4.69, 9.17) is 9.84 Å². The van der Waals surface area contributed by atoms with Gasteiger partial charge in [0, 0.05) is 20.2 Å². The number of phenols is 1. The number of hydrogen-bond donors (Lipinski definition) is 3. The molecule has 110 valence electrons. The Hall–Kier alpha value is -2.28. The third-order valence-corrected chi connectivity index (χ3v) is 2.61. The topological polar surface area (TPSA) is 99.1 Å². The minimum absolute atomic E-state index is 0.0507. The highest BCUT2D eigenvalue weighted by molar-refractivity contribution is 5.93. The fourth-order valence-corrected chi connectivity index (χ4v) is 1.43. The van der Waals surface area contributed by atoms with E-state index in [1.54, 1.807) is 7.05 Å². The SMILES string of the molecule is CCOCCN(C)C(=O)Nc1ccc(C(=O)O)cc1O. The van der Waals surface area contributed by atoms with E-state index in [1.807, 2.05) is 6.92 Å². The van der Waals surface area contributed by atoms with Crippen LogP contribution in [0.1, 0.15) is 17.3 Å². The van der Waals surface area contributed by atoms with Crippen LogP contribution in [0.4, 0.5) is 10.5 Å². The molecule has 0 radical (unpaired) electrons. The van der Waals surface area contributed by atoms with Crippen LogP contribution < -0.4 is 5.32 Å². The first-order chi connectivity index (χ1) is 9.45. The molecule has 20 heavy (non-hydrogen) atoms. The number of carbonyl (C=O) groups excluding carboxylic acids is 1. The van der Waals surface area contributed by atoms with Crippen LogP contribution in [-0.4, -0.2) is 53.9 Å². The summed E-state index contributed by atoms with van der Waals surface area (Å²) in [6.45, 7) is 3.27. The molecule has 0 heterocycles. The number of benzene rings is 1. The maximum atomic E-state index is 11.8. The molecule has 3 N–H and O–H groups in total. The lowest BCUT2D eigenvalue weighted by Gasteiger charge is -2.18. The third kappa shape index (κ3) is 4.43. The largest absolute Gasteiger partial charge is 0.506 e. The van der Waals surface area contributed by atoms with Gasteiger partial charge >= 0.3 is 12.0 Å². The Morgan fingerprint density at radius 3 is 2.65 bits per heavy atom. The number of aromatic carboxylic acids is 1. The quantitative estimate of drug-likeness (QED) is 0.543. The van der Waals surface area contributed by atoms with E-state index in [-0.39, 0.29) is 17.0 Å². The highest BCUT2D eigenvalue weighted by atomic mass is 16.5. The smallest absolute Gasteiger partial charge is 0.335 e. The number of rotatable bonds is 6. The van der Waals surface area contributed by atoms with Crippen LogP contribution in [0, 0.1) is 0 Å². The number of aromatic hydroxyl groups is 1. The Balaban J connectivity index is 2.64. The number of amides is 2. The van der Waals surface area contributed by atoms with Gasteiger partial charge in [-0.2, -0.15) is 0 Å². The Labute approximate surface area is 116 Å². The van der Waals surface area contributed by atoms with Gasteiger partial charge in [-0.1, -0.05) is 0 Å². The third-order valence-electron chi connectivity index (χ3n) is 2.61. The van der Waals surface area contributed by atoms with E-state index in [9.17, 15) is 14.7 Å². The van der Waals surface area contributed by atoms with Crippen LogP contribution in [0.15, 0.2) is 18.2 Å². The van der Waals surface area contributed by atoms with E-state index in [1.165, 1.54) is 17.0 Å². The molecule has 1 rings (SSSR count). The number of urea groups is 1. The van der Waals surface area contributed by atoms with E-state index in [2.05, 4.69) is 5.32 Å². The number of nitrogens with zero attached hydrogens (tertiary/aromatic N) is 1. The molecule has 0 saturated carbocycles. The molecular formula is C13H18N2O5. The number of carbonyl (C=O) groups is 2. The van der Waals surface area contributed by atoms with Crippen LogP contribution in [0.25, 0.3) is 0 Å². The second-order valence-electron chi connectivity index (χ2n) is 4.09. The van der Waals surface area contributed by atoms with Gasteiger partial charge < -0.3 is 25.2 Å². The number of anilines is 1. The first kappa shape index (κ1) is 15.8. The average Bonchev–Trinajstić information content (AvgIpc) is 2.40. The van der Waals surface area contributed by atoms with Crippen molar-refractivity contribution in [3.8, 4) is 5.75 Å². The Morgan fingerprint density at radius 1 is 1.40 bits per heavy atom. The van der Waals surface area contributed by atoms with Crippen molar-refractivity contribution >= 4 is 17.7 Å². The minimum Gasteiger partial charge on any atom is -0.506 e. The molecule has 1 aromatic rings. The van der Waals surface area contributed by atoms with E-state index in [0.29, 0.717) is 19.8 Å². The summed E-state index contributed by atoms with van der Waals surface area (Å²) in [5, 5.41) is 20.9. The van der Waals surface area contributed by atoms with Crippen molar-refractivity contribution in [1.29, 1.82) is 0 Å². The molecule has 2 amide bonds. The van der Waals surface area contributed by atoms with Gasteiger partial charge in [0.25, 0.3) is 0 Å². The zero-order chi connectivity index (χ0) is 15.1. The van der Waals surface area contributed by atoms with Crippen LogP contribution in [0.3, 0.4) is 0 Å². The predicted molar refractivity (Wildman–Crippen MR) is 73.2 cm³/mol. The van der Waals surface area contributed by atoms with Gasteiger partial charge in [0.05, 0.1) is 17.9 Å². The molecule has 0 saturated heterocycles. The van der Waals surface area contributed by atoms with Crippen LogP contribution >= 0.6 is 0 Å². The Kier molecular flexibility index (Phi) is 5.79. The molecule has 0 aliphatic rings. The lowest BCUT2D eigenvalue weighted by Crippen LogP contribution is -2.34. The standard InChI is InChI=1S/C13H18N2O5/c1-3-20-7-6-15(2)13(19)14-10-5-4-9(12(17)18)8-11(10)16/h4-5,8,16H,3,6-7H2,1-2H3,(H,14,19)(H,17,18). The van der Waals surface area contributed by atoms with Crippen molar-refractivity contribution in [2.45, 2.75) is 6.92 Å². The summed E-state index contributed by atoms with van der Waals surface area (Å²) >= 11 is 0. The fourth-order valence-electron chi connectivity index (χ4n) is 1.43. The maximum Gasteiger partial charge on any atom is 0.335 e. The van der Waals surface area contributed by atoms with Crippen molar-refractivity contribution in [2.75, 3.05) is 32.1 Å². The van der Waals surface area contributed by atoms with Gasteiger partial charge in [-0.15, -0.1) is 0 Å². The molecule has 0 bridgehead atoms. The second kappa shape index (κ2) is 7.34. The fraction of sp³-hybridized carbons (Fsp3) is 0.385. The zero-order valence-electron chi connectivity index (χ0n) is 11.4. The van der Waals surface area contributed by atoms with Crippen molar-refractivity contribution in [1.82, 2.24) is 4.90 Å². The molecule has 7 heteroatoms. The molecule has 0 aliphatic heterocycles. The van der Waals surface area contributed by atoms with Gasteiger partial charge in [-0.05, 0) is 25.1 Å².